The molecular weight excluding hydrogens is 400 g/mol. The number of rotatable bonds is 4. The van der Waals surface area contributed by atoms with Crippen molar-refractivity contribution in [3.63, 3.8) is 0 Å². The van der Waals surface area contributed by atoms with Crippen molar-refractivity contribution in [1.29, 1.82) is 0 Å². The smallest absolute Gasteiger partial charge is 0.251 e. The quantitative estimate of drug-likeness (QED) is 0.612. The topological polar surface area (TPSA) is 48.0 Å². The zero-order valence-electron chi connectivity index (χ0n) is 14.0. The van der Waals surface area contributed by atoms with Crippen LogP contribution in [0.15, 0.2) is 53.0 Å². The van der Waals surface area contributed by atoms with E-state index in [1.807, 2.05) is 62.4 Å². The summed E-state index contributed by atoms with van der Waals surface area (Å²) in [5.74, 6) is -0.414. The molecule has 1 amide bonds. The van der Waals surface area contributed by atoms with Gasteiger partial charge >= 0.3 is 0 Å². The van der Waals surface area contributed by atoms with Gasteiger partial charge in [0.05, 0.1) is 5.56 Å². The van der Waals surface area contributed by atoms with Gasteiger partial charge in [-0.25, -0.2) is 0 Å². The molecule has 5 heteroatoms. The Kier molecular flexibility index (Phi) is 5.02. The molecule has 0 fully saturated rings. The van der Waals surface area contributed by atoms with E-state index in [0.29, 0.717) is 17.1 Å². The van der Waals surface area contributed by atoms with E-state index in [1.54, 1.807) is 0 Å². The van der Waals surface area contributed by atoms with Crippen molar-refractivity contribution in [2.75, 3.05) is 0 Å². The number of nitrogens with zero attached hydrogens (tertiary/aromatic N) is 1. The third kappa shape index (κ3) is 3.51. The molecule has 25 heavy (non-hydrogen) atoms. The Morgan fingerprint density at radius 3 is 2.40 bits per heavy atom. The third-order valence-corrected chi connectivity index (χ3v) is 5.16. The summed E-state index contributed by atoms with van der Waals surface area (Å²) in [5.41, 5.74) is 11.1. The van der Waals surface area contributed by atoms with Gasteiger partial charge < -0.3 is 10.3 Å². The molecule has 3 nitrogen and oxygen atoms in total. The minimum absolute atomic E-state index is 0.414. The summed E-state index contributed by atoms with van der Waals surface area (Å²) in [7, 11) is 0. The molecular formula is C20H18BrClN2O. The third-order valence-electron chi connectivity index (χ3n) is 4.39. The van der Waals surface area contributed by atoms with Crippen LogP contribution in [0.4, 0.5) is 0 Å². The van der Waals surface area contributed by atoms with Gasteiger partial charge in [0.2, 0.25) is 0 Å². The van der Waals surface area contributed by atoms with Crippen molar-refractivity contribution in [2.45, 2.75) is 20.4 Å². The van der Waals surface area contributed by atoms with Crippen LogP contribution in [-0.2, 0) is 6.54 Å². The summed E-state index contributed by atoms with van der Waals surface area (Å²) in [6, 6.07) is 15.6. The number of nitrogens with two attached hydrogens (primary N) is 1. The molecule has 0 bridgehead atoms. The Bertz CT molecular complexity index is 945. The van der Waals surface area contributed by atoms with Gasteiger partial charge in [-0.15, -0.1) is 0 Å². The van der Waals surface area contributed by atoms with Crippen LogP contribution < -0.4 is 5.73 Å². The standard InChI is InChI=1S/C20H18BrClN2O/c1-12-18(15-6-8-16(21)9-7-15)19(20(23)25)13(2)24(12)11-14-4-3-5-17(22)10-14/h3-10H,11H2,1-2H3,(H2,23,25). The van der Waals surface area contributed by atoms with Crippen molar-refractivity contribution in [2.24, 2.45) is 5.73 Å². The average Bonchev–Trinajstić information content (AvgIpc) is 2.80. The number of carbonyl (C=O) groups excluding carboxylic acids is 1. The molecule has 0 unspecified atom stereocenters. The Morgan fingerprint density at radius 1 is 1.12 bits per heavy atom. The number of halogens is 2. The monoisotopic (exact) mass is 416 g/mol. The molecule has 0 saturated heterocycles. The first kappa shape index (κ1) is 17.8. The molecule has 1 aromatic heterocycles. The summed E-state index contributed by atoms with van der Waals surface area (Å²) in [5, 5.41) is 0.697. The highest BCUT2D eigenvalue weighted by Gasteiger charge is 2.22. The molecule has 0 aliphatic rings. The van der Waals surface area contributed by atoms with Crippen LogP contribution >= 0.6 is 27.5 Å². The summed E-state index contributed by atoms with van der Waals surface area (Å²) in [6.07, 6.45) is 0. The van der Waals surface area contributed by atoms with Crippen molar-refractivity contribution >= 4 is 33.4 Å². The highest BCUT2D eigenvalue weighted by atomic mass is 79.9. The van der Waals surface area contributed by atoms with Crippen LogP contribution in [0, 0.1) is 13.8 Å². The van der Waals surface area contributed by atoms with E-state index in [4.69, 9.17) is 17.3 Å². The maximum absolute atomic E-state index is 12.1. The summed E-state index contributed by atoms with van der Waals surface area (Å²) in [6.45, 7) is 4.58. The van der Waals surface area contributed by atoms with Crippen molar-refractivity contribution < 1.29 is 4.79 Å². The first-order valence-corrected chi connectivity index (χ1v) is 9.05. The first-order valence-electron chi connectivity index (χ1n) is 7.88. The van der Waals surface area contributed by atoms with E-state index in [9.17, 15) is 4.79 Å². The number of benzene rings is 2. The lowest BCUT2D eigenvalue weighted by Gasteiger charge is -2.10. The molecule has 0 aliphatic heterocycles. The molecule has 128 valence electrons. The molecule has 0 radical (unpaired) electrons. The van der Waals surface area contributed by atoms with Gasteiger partial charge in [-0.3, -0.25) is 4.79 Å². The second kappa shape index (κ2) is 7.06. The molecule has 0 aliphatic carbocycles. The maximum atomic E-state index is 12.1. The largest absolute Gasteiger partial charge is 0.366 e. The van der Waals surface area contributed by atoms with E-state index in [-0.39, 0.29) is 0 Å². The van der Waals surface area contributed by atoms with E-state index in [2.05, 4.69) is 20.5 Å². The van der Waals surface area contributed by atoms with Gasteiger partial charge in [-0.1, -0.05) is 51.8 Å². The van der Waals surface area contributed by atoms with Crippen LogP contribution in [0.1, 0.15) is 27.3 Å². The number of amides is 1. The van der Waals surface area contributed by atoms with Crippen molar-refractivity contribution in [3.8, 4) is 11.1 Å². The minimum atomic E-state index is -0.414. The summed E-state index contributed by atoms with van der Waals surface area (Å²) >= 11 is 9.55. The van der Waals surface area contributed by atoms with Gasteiger partial charge in [0, 0.05) is 33.0 Å². The lowest BCUT2D eigenvalue weighted by molar-refractivity contribution is 0.1000. The summed E-state index contributed by atoms with van der Waals surface area (Å²) in [4.78, 5) is 12.1. The Balaban J connectivity index is 2.16. The van der Waals surface area contributed by atoms with Gasteiger partial charge in [0.1, 0.15) is 0 Å². The number of primary amides is 1. The fraction of sp³-hybridized carbons (Fsp3) is 0.150. The van der Waals surface area contributed by atoms with Crippen LogP contribution in [-0.4, -0.2) is 10.5 Å². The van der Waals surface area contributed by atoms with E-state index in [0.717, 1.165) is 32.6 Å². The second-order valence-corrected chi connectivity index (χ2v) is 7.36. The highest BCUT2D eigenvalue weighted by Crippen LogP contribution is 2.33. The normalized spacial score (nSPS) is 10.9. The fourth-order valence-corrected chi connectivity index (χ4v) is 3.69. The van der Waals surface area contributed by atoms with E-state index in [1.165, 1.54) is 0 Å². The zero-order chi connectivity index (χ0) is 18.1. The molecule has 3 rings (SSSR count). The minimum Gasteiger partial charge on any atom is -0.366 e. The van der Waals surface area contributed by atoms with Gasteiger partial charge in [0.25, 0.3) is 5.91 Å². The number of aromatic nitrogens is 1. The van der Waals surface area contributed by atoms with Crippen LogP contribution in [0.3, 0.4) is 0 Å². The second-order valence-electron chi connectivity index (χ2n) is 6.01. The van der Waals surface area contributed by atoms with Crippen LogP contribution in [0.2, 0.25) is 5.02 Å². The predicted molar refractivity (Wildman–Crippen MR) is 106 cm³/mol. The number of carbonyl (C=O) groups is 1. The lowest BCUT2D eigenvalue weighted by atomic mass is 10.0. The SMILES string of the molecule is Cc1c(C(N)=O)c(-c2ccc(Br)cc2)c(C)n1Cc1cccc(Cl)c1. The fourth-order valence-electron chi connectivity index (χ4n) is 3.21. The first-order chi connectivity index (χ1) is 11.9. The lowest BCUT2D eigenvalue weighted by Crippen LogP contribution is -2.13. The number of hydrogen-bond donors (Lipinski definition) is 1. The zero-order valence-corrected chi connectivity index (χ0v) is 16.4. The highest BCUT2D eigenvalue weighted by molar-refractivity contribution is 9.10. The molecule has 2 aromatic carbocycles. The molecule has 2 N–H and O–H groups in total. The maximum Gasteiger partial charge on any atom is 0.251 e. The Morgan fingerprint density at radius 2 is 1.80 bits per heavy atom. The molecule has 0 saturated carbocycles. The van der Waals surface area contributed by atoms with Crippen LogP contribution in [0.25, 0.3) is 11.1 Å². The Hall–Kier alpha value is -2.04. The van der Waals surface area contributed by atoms with Gasteiger partial charge in [-0.2, -0.15) is 0 Å². The van der Waals surface area contributed by atoms with E-state index < -0.39 is 5.91 Å². The molecule has 0 atom stereocenters. The molecule has 3 aromatic rings. The Labute approximate surface area is 160 Å². The van der Waals surface area contributed by atoms with Crippen molar-refractivity contribution in [1.82, 2.24) is 4.57 Å². The predicted octanol–water partition coefficient (Wildman–Crippen LogP) is 5.34. The van der Waals surface area contributed by atoms with Crippen molar-refractivity contribution in [3.05, 3.63) is 80.5 Å². The average molecular weight is 418 g/mol. The van der Waals surface area contributed by atoms with Gasteiger partial charge in [0.15, 0.2) is 0 Å². The number of hydrogen-bond acceptors (Lipinski definition) is 1. The molecule has 1 heterocycles. The van der Waals surface area contributed by atoms with E-state index >= 15 is 0 Å². The van der Waals surface area contributed by atoms with Gasteiger partial charge in [-0.05, 0) is 49.2 Å². The molecule has 0 spiro atoms. The summed E-state index contributed by atoms with van der Waals surface area (Å²) < 4.78 is 3.10. The van der Waals surface area contributed by atoms with Crippen LogP contribution in [0.5, 0.6) is 0 Å².